The van der Waals surface area contributed by atoms with Crippen molar-refractivity contribution in [3.63, 3.8) is 0 Å². The summed E-state index contributed by atoms with van der Waals surface area (Å²) in [6, 6.07) is 17.8. The lowest BCUT2D eigenvalue weighted by atomic mass is 10.2. The van der Waals surface area contributed by atoms with Crippen LogP contribution in [0.25, 0.3) is 0 Å². The van der Waals surface area contributed by atoms with Crippen LogP contribution in [-0.2, 0) is 16.2 Å². The molecule has 0 aliphatic rings. The van der Waals surface area contributed by atoms with E-state index < -0.39 is 17.6 Å². The minimum absolute atomic E-state index is 0.0175. The number of halogens is 2. The predicted molar refractivity (Wildman–Crippen MR) is 120 cm³/mol. The maximum atomic E-state index is 13.8. The summed E-state index contributed by atoms with van der Waals surface area (Å²) in [7, 11) is 1.46. The second kappa shape index (κ2) is 10.9. The molecule has 0 radical (unpaired) electrons. The van der Waals surface area contributed by atoms with Gasteiger partial charge >= 0.3 is 11.8 Å². The van der Waals surface area contributed by atoms with Gasteiger partial charge in [0.15, 0.2) is 0 Å². The second-order valence-corrected chi connectivity index (χ2v) is 6.82. The number of nitrogens with zero attached hydrogens (tertiary/aromatic N) is 1. The molecule has 3 aromatic carbocycles. The number of ether oxygens (including phenoxy) is 2. The Kier molecular flexibility index (Phi) is 7.77. The van der Waals surface area contributed by atoms with Crippen molar-refractivity contribution in [2.75, 3.05) is 12.4 Å². The molecule has 0 aliphatic carbocycles. The van der Waals surface area contributed by atoms with Crippen molar-refractivity contribution in [2.45, 2.75) is 6.61 Å². The van der Waals surface area contributed by atoms with Crippen LogP contribution in [0.4, 0.5) is 10.1 Å². The average Bonchev–Trinajstić information content (AvgIpc) is 2.80. The molecule has 0 aliphatic heterocycles. The van der Waals surface area contributed by atoms with E-state index in [-0.39, 0.29) is 12.2 Å². The summed E-state index contributed by atoms with van der Waals surface area (Å²) >= 11 is 5.98. The van der Waals surface area contributed by atoms with Crippen molar-refractivity contribution in [2.24, 2.45) is 5.10 Å². The zero-order valence-corrected chi connectivity index (χ0v) is 17.7. The van der Waals surface area contributed by atoms with Gasteiger partial charge < -0.3 is 14.8 Å². The number of hydrazone groups is 1. The van der Waals surface area contributed by atoms with Gasteiger partial charge in [0.1, 0.15) is 23.9 Å². The molecule has 0 unspecified atom stereocenters. The number of para-hydroxylation sites is 2. The molecule has 3 rings (SSSR count). The fourth-order valence-electron chi connectivity index (χ4n) is 2.62. The number of amides is 2. The van der Waals surface area contributed by atoms with Crippen LogP contribution in [0.1, 0.15) is 11.1 Å². The Morgan fingerprint density at radius 3 is 2.50 bits per heavy atom. The van der Waals surface area contributed by atoms with Gasteiger partial charge in [0, 0.05) is 5.56 Å². The van der Waals surface area contributed by atoms with Crippen LogP contribution in [0, 0.1) is 5.82 Å². The Labute approximate surface area is 188 Å². The fraction of sp³-hybridized carbons (Fsp3) is 0.0870. The molecule has 0 saturated carbocycles. The Morgan fingerprint density at radius 2 is 1.78 bits per heavy atom. The van der Waals surface area contributed by atoms with Crippen LogP contribution in [0.15, 0.2) is 71.8 Å². The van der Waals surface area contributed by atoms with Crippen LogP contribution < -0.4 is 20.2 Å². The van der Waals surface area contributed by atoms with Gasteiger partial charge in [-0.1, -0.05) is 29.8 Å². The van der Waals surface area contributed by atoms with E-state index in [4.69, 9.17) is 21.1 Å². The van der Waals surface area contributed by atoms with Crippen LogP contribution in [0.5, 0.6) is 11.5 Å². The molecule has 0 spiro atoms. The van der Waals surface area contributed by atoms with Crippen LogP contribution >= 0.6 is 11.6 Å². The molecule has 32 heavy (non-hydrogen) atoms. The number of rotatable bonds is 7. The number of carbonyl (C=O) groups is 2. The maximum Gasteiger partial charge on any atom is 0.329 e. The molecule has 0 aromatic heterocycles. The molecule has 2 amide bonds. The van der Waals surface area contributed by atoms with Crippen molar-refractivity contribution in [3.05, 3.63) is 88.7 Å². The van der Waals surface area contributed by atoms with Gasteiger partial charge in [-0.2, -0.15) is 5.10 Å². The summed E-state index contributed by atoms with van der Waals surface area (Å²) in [6.45, 7) is -0.0175. The van der Waals surface area contributed by atoms with Crippen molar-refractivity contribution in [3.8, 4) is 11.5 Å². The first-order valence-electron chi connectivity index (χ1n) is 9.41. The van der Waals surface area contributed by atoms with Gasteiger partial charge in [0.25, 0.3) is 0 Å². The third kappa shape index (κ3) is 6.05. The molecule has 2 N–H and O–H groups in total. The molecule has 164 valence electrons. The largest absolute Gasteiger partial charge is 0.495 e. The summed E-state index contributed by atoms with van der Waals surface area (Å²) < 4.78 is 24.5. The number of anilines is 1. The zero-order chi connectivity index (χ0) is 22.9. The molecule has 0 heterocycles. The van der Waals surface area contributed by atoms with E-state index in [0.717, 1.165) is 0 Å². The molecule has 0 saturated heterocycles. The quantitative estimate of drug-likeness (QED) is 0.318. The molecule has 0 fully saturated rings. The van der Waals surface area contributed by atoms with E-state index >= 15 is 0 Å². The smallest absolute Gasteiger partial charge is 0.329 e. The Bertz CT molecular complexity index is 1120. The summed E-state index contributed by atoms with van der Waals surface area (Å²) in [5.74, 6) is -1.33. The number of methoxy groups -OCH3 is 1. The molecule has 0 atom stereocenters. The van der Waals surface area contributed by atoms with E-state index in [0.29, 0.717) is 27.8 Å². The Balaban J connectivity index is 1.51. The zero-order valence-electron chi connectivity index (χ0n) is 17.0. The molecular weight excluding hydrogens is 437 g/mol. The summed E-state index contributed by atoms with van der Waals surface area (Å²) in [5.41, 5.74) is 3.44. The number of carbonyl (C=O) groups excluding carboxylic acids is 2. The molecule has 7 nitrogen and oxygen atoms in total. The third-order valence-corrected chi connectivity index (χ3v) is 4.62. The highest BCUT2D eigenvalue weighted by Crippen LogP contribution is 2.23. The van der Waals surface area contributed by atoms with Gasteiger partial charge in [-0.15, -0.1) is 0 Å². The first-order chi connectivity index (χ1) is 15.5. The van der Waals surface area contributed by atoms with E-state index in [2.05, 4.69) is 15.8 Å². The van der Waals surface area contributed by atoms with Gasteiger partial charge in [0.05, 0.1) is 24.0 Å². The molecule has 9 heteroatoms. The number of hydrogen-bond acceptors (Lipinski definition) is 5. The summed E-state index contributed by atoms with van der Waals surface area (Å²) in [4.78, 5) is 23.9. The first-order valence-corrected chi connectivity index (χ1v) is 9.79. The average molecular weight is 456 g/mol. The minimum atomic E-state index is -0.936. The van der Waals surface area contributed by atoms with Crippen LogP contribution in [0.3, 0.4) is 0 Å². The van der Waals surface area contributed by atoms with Gasteiger partial charge in [0.2, 0.25) is 0 Å². The summed E-state index contributed by atoms with van der Waals surface area (Å²) in [6.07, 6.45) is 1.37. The SMILES string of the molecule is COc1ccccc1NC(=O)C(=O)NN=Cc1ccc(OCc2c(F)cccc2Cl)cc1. The van der Waals surface area contributed by atoms with E-state index in [9.17, 15) is 14.0 Å². The normalized spacial score (nSPS) is 10.6. The van der Waals surface area contributed by atoms with Crippen LogP contribution in [-0.4, -0.2) is 25.1 Å². The van der Waals surface area contributed by atoms with Gasteiger partial charge in [-0.3, -0.25) is 9.59 Å². The Hall–Kier alpha value is -3.91. The fourth-order valence-corrected chi connectivity index (χ4v) is 2.84. The highest BCUT2D eigenvalue weighted by molar-refractivity contribution is 6.39. The second-order valence-electron chi connectivity index (χ2n) is 6.41. The minimum Gasteiger partial charge on any atom is -0.495 e. The van der Waals surface area contributed by atoms with Crippen LogP contribution in [0.2, 0.25) is 5.02 Å². The molecular formula is C23H19ClFN3O4. The lowest BCUT2D eigenvalue weighted by Gasteiger charge is -2.09. The maximum absolute atomic E-state index is 13.8. The van der Waals surface area contributed by atoms with Crippen molar-refractivity contribution in [1.29, 1.82) is 0 Å². The molecule has 3 aromatic rings. The van der Waals surface area contributed by atoms with Crippen molar-refractivity contribution < 1.29 is 23.5 Å². The lowest BCUT2D eigenvalue weighted by molar-refractivity contribution is -0.136. The standard InChI is InChI=1S/C23H19ClFN3O4/c1-31-21-8-3-2-7-20(21)27-22(29)23(30)28-26-13-15-9-11-16(12-10-15)32-14-17-18(24)5-4-6-19(17)25/h2-13H,14H2,1H3,(H,27,29)(H,28,30). The van der Waals surface area contributed by atoms with E-state index in [1.165, 1.54) is 25.5 Å². The van der Waals surface area contributed by atoms with Gasteiger partial charge in [-0.25, -0.2) is 9.82 Å². The topological polar surface area (TPSA) is 89.0 Å². The van der Waals surface area contributed by atoms with Crippen molar-refractivity contribution >= 4 is 35.3 Å². The van der Waals surface area contributed by atoms with Gasteiger partial charge in [-0.05, 0) is 54.1 Å². The van der Waals surface area contributed by atoms with E-state index in [1.807, 2.05) is 0 Å². The highest BCUT2D eigenvalue weighted by atomic mass is 35.5. The number of nitrogens with one attached hydrogen (secondary N) is 2. The number of hydrogen-bond donors (Lipinski definition) is 2. The Morgan fingerprint density at radius 1 is 1.03 bits per heavy atom. The van der Waals surface area contributed by atoms with E-state index in [1.54, 1.807) is 54.6 Å². The third-order valence-electron chi connectivity index (χ3n) is 4.27. The summed E-state index contributed by atoms with van der Waals surface area (Å²) in [5, 5.41) is 6.51. The lowest BCUT2D eigenvalue weighted by Crippen LogP contribution is -2.32. The van der Waals surface area contributed by atoms with Crippen molar-refractivity contribution in [1.82, 2.24) is 5.43 Å². The monoisotopic (exact) mass is 455 g/mol. The highest BCUT2D eigenvalue weighted by Gasteiger charge is 2.14. The predicted octanol–water partition coefficient (Wildman–Crippen LogP) is 4.16. The first kappa shape index (κ1) is 22.8. The molecule has 0 bridgehead atoms. The number of benzene rings is 3.